The molecule has 0 aromatic carbocycles. The fourth-order valence-electron chi connectivity index (χ4n) is 3.98. The normalized spacial score (nSPS) is 24.8. The van der Waals surface area contributed by atoms with Crippen molar-refractivity contribution in [2.45, 2.75) is 65.2 Å². The summed E-state index contributed by atoms with van der Waals surface area (Å²) in [7, 11) is 4.72. The molecule has 0 heterocycles. The number of quaternary nitrogens is 1. The zero-order chi connectivity index (χ0) is 15.9. The van der Waals surface area contributed by atoms with E-state index in [-0.39, 0.29) is 5.92 Å². The number of nitrogens with zero attached hydrogens (tertiary/aromatic N) is 1. The molecule has 3 heteroatoms. The highest BCUT2D eigenvalue weighted by Crippen LogP contribution is 2.31. The average Bonchev–Trinajstić information content (AvgIpc) is 2.43. The van der Waals surface area contributed by atoms with Gasteiger partial charge in [0.25, 0.3) is 0 Å². The molecule has 0 saturated heterocycles. The van der Waals surface area contributed by atoms with E-state index in [1.807, 2.05) is 0 Å². The lowest BCUT2D eigenvalue weighted by atomic mass is 9.81. The predicted molar refractivity (Wildman–Crippen MR) is 88.2 cm³/mol. The van der Waals surface area contributed by atoms with Crippen LogP contribution >= 0.6 is 0 Å². The molecule has 1 aliphatic rings. The van der Waals surface area contributed by atoms with Crippen molar-refractivity contribution < 1.29 is 14.4 Å². The van der Waals surface area contributed by atoms with Crippen LogP contribution in [-0.4, -0.2) is 42.7 Å². The second kappa shape index (κ2) is 8.77. The first-order valence-corrected chi connectivity index (χ1v) is 8.92. The molecule has 1 atom stereocenters. The molecule has 0 bridgehead atoms. The second-order valence-electron chi connectivity index (χ2n) is 7.77. The lowest BCUT2D eigenvalue weighted by Gasteiger charge is -2.38. The summed E-state index contributed by atoms with van der Waals surface area (Å²) in [5.74, 6) is 0.896. The van der Waals surface area contributed by atoms with Crippen LogP contribution < -0.4 is 0 Å². The smallest absolute Gasteiger partial charge is 0.306 e. The van der Waals surface area contributed by atoms with Gasteiger partial charge < -0.3 is 9.59 Å². The maximum Gasteiger partial charge on any atom is 0.306 e. The maximum absolute atomic E-state index is 11.0. The van der Waals surface area contributed by atoms with E-state index >= 15 is 0 Å². The summed E-state index contributed by atoms with van der Waals surface area (Å²) >= 11 is 0. The van der Waals surface area contributed by atoms with Crippen LogP contribution in [0, 0.1) is 17.8 Å². The van der Waals surface area contributed by atoms with Gasteiger partial charge in [0.05, 0.1) is 33.1 Å². The van der Waals surface area contributed by atoms with E-state index in [0.717, 1.165) is 42.0 Å². The van der Waals surface area contributed by atoms with E-state index < -0.39 is 5.97 Å². The molecule has 0 spiro atoms. The van der Waals surface area contributed by atoms with Crippen molar-refractivity contribution in [3.05, 3.63) is 0 Å². The van der Waals surface area contributed by atoms with Gasteiger partial charge in [-0.05, 0) is 38.5 Å². The van der Waals surface area contributed by atoms with Crippen molar-refractivity contribution in [3.63, 3.8) is 0 Å². The quantitative estimate of drug-likeness (QED) is 0.649. The van der Waals surface area contributed by atoms with Gasteiger partial charge in [0.1, 0.15) is 0 Å². The SMILES string of the molecule is CCCCC(CC)C[N+](C)(C)CC1CCC(C(=O)O)CC1. The summed E-state index contributed by atoms with van der Waals surface area (Å²) in [5, 5.41) is 9.09. The minimum Gasteiger partial charge on any atom is -0.481 e. The van der Waals surface area contributed by atoms with E-state index in [1.165, 1.54) is 38.8 Å². The highest BCUT2D eigenvalue weighted by atomic mass is 16.4. The number of hydrogen-bond donors (Lipinski definition) is 1. The van der Waals surface area contributed by atoms with Gasteiger partial charge in [0.2, 0.25) is 0 Å². The van der Waals surface area contributed by atoms with Crippen molar-refractivity contribution >= 4 is 5.97 Å². The number of rotatable bonds is 9. The van der Waals surface area contributed by atoms with Crippen LogP contribution in [0.3, 0.4) is 0 Å². The molecule has 1 rings (SSSR count). The zero-order valence-corrected chi connectivity index (χ0v) is 14.6. The van der Waals surface area contributed by atoms with Crippen LogP contribution in [0.15, 0.2) is 0 Å². The molecule has 3 nitrogen and oxygen atoms in total. The molecule has 0 amide bonds. The van der Waals surface area contributed by atoms with Gasteiger partial charge in [-0.15, -0.1) is 0 Å². The van der Waals surface area contributed by atoms with Crippen LogP contribution in [0.4, 0.5) is 0 Å². The summed E-state index contributed by atoms with van der Waals surface area (Å²) in [6, 6.07) is 0. The van der Waals surface area contributed by atoms with Crippen LogP contribution in [0.2, 0.25) is 0 Å². The topological polar surface area (TPSA) is 37.3 Å². The summed E-state index contributed by atoms with van der Waals surface area (Å²) in [4.78, 5) is 11.0. The molecule has 1 unspecified atom stereocenters. The average molecular weight is 298 g/mol. The number of carboxylic acids is 1. The molecule has 1 saturated carbocycles. The standard InChI is InChI=1S/C18H35NO2/c1-5-7-8-15(6-2)13-19(3,4)14-16-9-11-17(12-10-16)18(20)21/h15-17H,5-14H2,1-4H3/p+1. The zero-order valence-electron chi connectivity index (χ0n) is 14.6. The third-order valence-electron chi connectivity index (χ3n) is 5.24. The van der Waals surface area contributed by atoms with Crippen LogP contribution in [0.5, 0.6) is 0 Å². The molecular formula is C18H36NO2+. The second-order valence-corrected chi connectivity index (χ2v) is 7.77. The van der Waals surface area contributed by atoms with Crippen molar-refractivity contribution in [2.75, 3.05) is 27.2 Å². The summed E-state index contributed by atoms with van der Waals surface area (Å²) < 4.78 is 1.10. The van der Waals surface area contributed by atoms with Gasteiger partial charge in [-0.3, -0.25) is 4.79 Å². The maximum atomic E-state index is 11.0. The number of carboxylic acid groups (broad SMARTS) is 1. The Labute approximate surface area is 131 Å². The van der Waals surface area contributed by atoms with Gasteiger partial charge in [-0.1, -0.05) is 26.7 Å². The number of hydrogen-bond acceptors (Lipinski definition) is 1. The Hall–Kier alpha value is -0.570. The summed E-state index contributed by atoms with van der Waals surface area (Å²) in [6.45, 7) is 7.08. The summed E-state index contributed by atoms with van der Waals surface area (Å²) in [5.41, 5.74) is 0. The lowest BCUT2D eigenvalue weighted by Crippen LogP contribution is -2.47. The molecule has 0 aromatic rings. The summed E-state index contributed by atoms with van der Waals surface area (Å²) in [6.07, 6.45) is 9.26. The Morgan fingerprint density at radius 2 is 1.81 bits per heavy atom. The van der Waals surface area contributed by atoms with E-state index in [2.05, 4.69) is 27.9 Å². The van der Waals surface area contributed by atoms with Crippen molar-refractivity contribution in [1.29, 1.82) is 0 Å². The molecule has 21 heavy (non-hydrogen) atoms. The molecule has 0 radical (unpaired) electrons. The van der Waals surface area contributed by atoms with Gasteiger partial charge in [-0.2, -0.15) is 0 Å². The fourth-order valence-corrected chi connectivity index (χ4v) is 3.98. The Morgan fingerprint density at radius 1 is 1.19 bits per heavy atom. The molecule has 1 fully saturated rings. The number of carbonyl (C=O) groups is 1. The molecule has 0 aliphatic heterocycles. The largest absolute Gasteiger partial charge is 0.481 e. The number of unbranched alkanes of at least 4 members (excludes halogenated alkanes) is 1. The van der Waals surface area contributed by atoms with Gasteiger partial charge in [-0.25, -0.2) is 0 Å². The van der Waals surface area contributed by atoms with E-state index in [4.69, 9.17) is 5.11 Å². The fraction of sp³-hybridized carbons (Fsp3) is 0.944. The van der Waals surface area contributed by atoms with Gasteiger partial charge in [0.15, 0.2) is 0 Å². The Kier molecular flexibility index (Phi) is 7.72. The lowest BCUT2D eigenvalue weighted by molar-refractivity contribution is -0.897. The van der Waals surface area contributed by atoms with Crippen molar-refractivity contribution in [1.82, 2.24) is 0 Å². The minimum atomic E-state index is -0.590. The van der Waals surface area contributed by atoms with E-state index in [0.29, 0.717) is 0 Å². The first kappa shape index (κ1) is 18.5. The van der Waals surface area contributed by atoms with Crippen molar-refractivity contribution in [3.8, 4) is 0 Å². The molecule has 1 N–H and O–H groups in total. The Bertz CT molecular complexity index is 306. The van der Waals surface area contributed by atoms with Gasteiger partial charge in [0, 0.05) is 11.8 Å². The number of aliphatic carboxylic acids is 1. The monoisotopic (exact) mass is 298 g/mol. The highest BCUT2D eigenvalue weighted by molar-refractivity contribution is 5.69. The van der Waals surface area contributed by atoms with Gasteiger partial charge >= 0.3 is 5.97 Å². The van der Waals surface area contributed by atoms with Crippen LogP contribution in [0.1, 0.15) is 65.2 Å². The first-order valence-electron chi connectivity index (χ1n) is 8.92. The van der Waals surface area contributed by atoms with E-state index in [1.54, 1.807) is 0 Å². The molecule has 1 aliphatic carbocycles. The molecule has 124 valence electrons. The van der Waals surface area contributed by atoms with Crippen molar-refractivity contribution in [2.24, 2.45) is 17.8 Å². The van der Waals surface area contributed by atoms with Crippen LogP contribution in [-0.2, 0) is 4.79 Å². The van der Waals surface area contributed by atoms with Crippen LogP contribution in [0.25, 0.3) is 0 Å². The Balaban J connectivity index is 2.39. The van der Waals surface area contributed by atoms with E-state index in [9.17, 15) is 4.79 Å². The third kappa shape index (κ3) is 6.82. The predicted octanol–water partition coefficient (Wildman–Crippen LogP) is 4.17. The minimum absolute atomic E-state index is 0.0789. The first-order chi connectivity index (χ1) is 9.88. The molecular weight excluding hydrogens is 262 g/mol. The Morgan fingerprint density at radius 3 is 2.29 bits per heavy atom. The highest BCUT2D eigenvalue weighted by Gasteiger charge is 2.31. The molecule has 0 aromatic heterocycles. The third-order valence-corrected chi connectivity index (χ3v) is 5.24.